The Balaban J connectivity index is 2.21. The number of pyridine rings is 1. The van der Waals surface area contributed by atoms with E-state index in [1.807, 2.05) is 6.92 Å². The van der Waals surface area contributed by atoms with E-state index in [0.717, 1.165) is 11.6 Å². The molecule has 0 spiro atoms. The normalized spacial score (nSPS) is 10.2. The lowest BCUT2D eigenvalue weighted by Crippen LogP contribution is -2.13. The zero-order valence-electron chi connectivity index (χ0n) is 9.58. The maximum absolute atomic E-state index is 12.6. The molecule has 92 valence electrons. The number of hydrogen-bond acceptors (Lipinski definition) is 2. The minimum Gasteiger partial charge on any atom is -0.322 e. The second kappa shape index (κ2) is 5.14. The standard InChI is InChI=1S/C13H10ClFN2O/c1-8-2-4-10(14)6-11(8)17-13(18)9-3-5-12(15)16-7-9/h2-7H,1H3,(H,17,18). The van der Waals surface area contributed by atoms with Gasteiger partial charge >= 0.3 is 0 Å². The van der Waals surface area contributed by atoms with Crippen LogP contribution in [0.3, 0.4) is 0 Å². The lowest BCUT2D eigenvalue weighted by molar-refractivity contribution is 0.102. The fourth-order valence-corrected chi connectivity index (χ4v) is 1.61. The molecule has 0 fully saturated rings. The molecule has 18 heavy (non-hydrogen) atoms. The number of amides is 1. The maximum Gasteiger partial charge on any atom is 0.257 e. The van der Waals surface area contributed by atoms with Crippen molar-refractivity contribution < 1.29 is 9.18 Å². The van der Waals surface area contributed by atoms with Crippen molar-refractivity contribution in [1.29, 1.82) is 0 Å². The highest BCUT2D eigenvalue weighted by atomic mass is 35.5. The Bertz CT molecular complexity index is 584. The number of nitrogens with zero attached hydrogens (tertiary/aromatic N) is 1. The molecule has 1 N–H and O–H groups in total. The van der Waals surface area contributed by atoms with Crippen LogP contribution >= 0.6 is 11.6 Å². The number of nitrogens with one attached hydrogen (secondary N) is 1. The monoisotopic (exact) mass is 264 g/mol. The summed E-state index contributed by atoms with van der Waals surface area (Å²) in [6.07, 6.45) is 1.19. The number of aryl methyl sites for hydroxylation is 1. The summed E-state index contributed by atoms with van der Waals surface area (Å²) in [5.74, 6) is -0.974. The van der Waals surface area contributed by atoms with Gasteiger partial charge in [0.2, 0.25) is 5.95 Å². The first-order valence-corrected chi connectivity index (χ1v) is 5.63. The summed E-state index contributed by atoms with van der Waals surface area (Å²) < 4.78 is 12.6. The van der Waals surface area contributed by atoms with Gasteiger partial charge in [-0.05, 0) is 36.8 Å². The lowest BCUT2D eigenvalue weighted by Gasteiger charge is -2.08. The van der Waals surface area contributed by atoms with Gasteiger partial charge in [-0.15, -0.1) is 0 Å². The van der Waals surface area contributed by atoms with Gasteiger partial charge in [0, 0.05) is 16.9 Å². The fourth-order valence-electron chi connectivity index (χ4n) is 1.43. The number of carbonyl (C=O) groups excluding carboxylic acids is 1. The SMILES string of the molecule is Cc1ccc(Cl)cc1NC(=O)c1ccc(F)nc1. The molecular weight excluding hydrogens is 255 g/mol. The van der Waals surface area contributed by atoms with Crippen LogP contribution in [0.1, 0.15) is 15.9 Å². The fraction of sp³-hybridized carbons (Fsp3) is 0.0769. The molecule has 0 radical (unpaired) electrons. The van der Waals surface area contributed by atoms with Crippen LogP contribution in [0.15, 0.2) is 36.5 Å². The van der Waals surface area contributed by atoms with Gasteiger partial charge in [0.05, 0.1) is 5.56 Å². The van der Waals surface area contributed by atoms with Crippen LogP contribution in [-0.4, -0.2) is 10.9 Å². The summed E-state index contributed by atoms with van der Waals surface area (Å²) in [6.45, 7) is 1.86. The van der Waals surface area contributed by atoms with Crippen molar-refractivity contribution in [2.45, 2.75) is 6.92 Å². The van der Waals surface area contributed by atoms with Crippen molar-refractivity contribution in [3.05, 3.63) is 58.6 Å². The third-order valence-corrected chi connectivity index (χ3v) is 2.67. The molecule has 0 aliphatic rings. The van der Waals surface area contributed by atoms with Crippen LogP contribution in [0.4, 0.5) is 10.1 Å². The Labute approximate surface area is 109 Å². The Kier molecular flexibility index (Phi) is 3.58. The van der Waals surface area contributed by atoms with E-state index in [0.29, 0.717) is 10.7 Å². The van der Waals surface area contributed by atoms with E-state index in [4.69, 9.17) is 11.6 Å². The molecule has 3 nitrogen and oxygen atoms in total. The highest BCUT2D eigenvalue weighted by molar-refractivity contribution is 6.31. The molecule has 1 amide bonds. The van der Waals surface area contributed by atoms with Crippen molar-refractivity contribution >= 4 is 23.2 Å². The van der Waals surface area contributed by atoms with Gasteiger partial charge in [-0.3, -0.25) is 4.79 Å². The smallest absolute Gasteiger partial charge is 0.257 e. The van der Waals surface area contributed by atoms with E-state index in [1.165, 1.54) is 12.3 Å². The Hall–Kier alpha value is -1.94. The number of hydrogen-bond donors (Lipinski definition) is 1. The largest absolute Gasteiger partial charge is 0.322 e. The molecule has 2 aromatic rings. The van der Waals surface area contributed by atoms with Crippen molar-refractivity contribution in [1.82, 2.24) is 4.98 Å². The first-order chi connectivity index (χ1) is 8.56. The van der Waals surface area contributed by atoms with E-state index in [9.17, 15) is 9.18 Å². The van der Waals surface area contributed by atoms with Crippen LogP contribution in [-0.2, 0) is 0 Å². The number of anilines is 1. The summed E-state index contributed by atoms with van der Waals surface area (Å²) in [6, 6.07) is 7.72. The van der Waals surface area contributed by atoms with Crippen molar-refractivity contribution in [3.63, 3.8) is 0 Å². The van der Waals surface area contributed by atoms with E-state index in [1.54, 1.807) is 18.2 Å². The third kappa shape index (κ3) is 2.84. The molecule has 1 heterocycles. The van der Waals surface area contributed by atoms with Gasteiger partial charge in [-0.2, -0.15) is 4.39 Å². The molecule has 0 aliphatic heterocycles. The van der Waals surface area contributed by atoms with Crippen molar-refractivity contribution in [2.75, 3.05) is 5.32 Å². The van der Waals surface area contributed by atoms with Crippen molar-refractivity contribution in [2.24, 2.45) is 0 Å². The highest BCUT2D eigenvalue weighted by Crippen LogP contribution is 2.20. The second-order valence-electron chi connectivity index (χ2n) is 3.78. The van der Waals surface area contributed by atoms with E-state index in [2.05, 4.69) is 10.3 Å². The lowest BCUT2D eigenvalue weighted by atomic mass is 10.2. The first-order valence-electron chi connectivity index (χ1n) is 5.25. The first kappa shape index (κ1) is 12.5. The number of benzene rings is 1. The molecule has 0 saturated carbocycles. The van der Waals surface area contributed by atoms with Gasteiger partial charge in [-0.1, -0.05) is 17.7 Å². The maximum atomic E-state index is 12.6. The second-order valence-corrected chi connectivity index (χ2v) is 4.22. The van der Waals surface area contributed by atoms with Crippen molar-refractivity contribution in [3.8, 4) is 0 Å². The van der Waals surface area contributed by atoms with E-state index < -0.39 is 5.95 Å². The topological polar surface area (TPSA) is 42.0 Å². The molecule has 5 heteroatoms. The van der Waals surface area contributed by atoms with Gasteiger partial charge in [0.25, 0.3) is 5.91 Å². The highest BCUT2D eigenvalue weighted by Gasteiger charge is 2.08. The molecule has 0 atom stereocenters. The number of aromatic nitrogens is 1. The number of halogens is 2. The van der Waals surface area contributed by atoms with Crippen LogP contribution < -0.4 is 5.32 Å². The Morgan fingerprint density at radius 1 is 1.33 bits per heavy atom. The predicted molar refractivity (Wildman–Crippen MR) is 68.3 cm³/mol. The summed E-state index contributed by atoms with van der Waals surface area (Å²) in [7, 11) is 0. The van der Waals surface area contributed by atoms with Crippen LogP contribution in [0.25, 0.3) is 0 Å². The Morgan fingerprint density at radius 2 is 2.11 bits per heavy atom. The number of carbonyl (C=O) groups is 1. The molecule has 0 saturated heterocycles. The van der Waals surface area contributed by atoms with Gasteiger partial charge in [0.15, 0.2) is 0 Å². The van der Waals surface area contributed by atoms with E-state index in [-0.39, 0.29) is 11.5 Å². The molecule has 0 aliphatic carbocycles. The van der Waals surface area contributed by atoms with Crippen LogP contribution in [0.5, 0.6) is 0 Å². The average molecular weight is 265 g/mol. The zero-order valence-corrected chi connectivity index (χ0v) is 10.3. The van der Waals surface area contributed by atoms with Gasteiger partial charge in [-0.25, -0.2) is 4.98 Å². The zero-order chi connectivity index (χ0) is 13.1. The minimum atomic E-state index is -0.620. The summed E-state index contributed by atoms with van der Waals surface area (Å²) in [5, 5.41) is 3.24. The molecule has 0 bridgehead atoms. The molecular formula is C13H10ClFN2O. The molecule has 2 rings (SSSR count). The van der Waals surface area contributed by atoms with Crippen LogP contribution in [0.2, 0.25) is 5.02 Å². The molecule has 1 aromatic carbocycles. The molecule has 0 unspecified atom stereocenters. The van der Waals surface area contributed by atoms with Gasteiger partial charge < -0.3 is 5.32 Å². The number of rotatable bonds is 2. The summed E-state index contributed by atoms with van der Waals surface area (Å²) in [5.41, 5.74) is 1.80. The minimum absolute atomic E-state index is 0.288. The molecule has 1 aromatic heterocycles. The van der Waals surface area contributed by atoms with E-state index >= 15 is 0 Å². The Morgan fingerprint density at radius 3 is 2.78 bits per heavy atom. The van der Waals surface area contributed by atoms with Gasteiger partial charge in [0.1, 0.15) is 0 Å². The summed E-state index contributed by atoms with van der Waals surface area (Å²) in [4.78, 5) is 15.3. The third-order valence-electron chi connectivity index (χ3n) is 2.44. The van der Waals surface area contributed by atoms with Crippen LogP contribution in [0, 0.1) is 12.9 Å². The quantitative estimate of drug-likeness (QED) is 0.845. The average Bonchev–Trinajstić information content (AvgIpc) is 2.34. The summed E-state index contributed by atoms with van der Waals surface area (Å²) >= 11 is 5.85. The predicted octanol–water partition coefficient (Wildman–Crippen LogP) is 3.43.